The number of nitrogens with one attached hydrogen (secondary N) is 1. The minimum Gasteiger partial charge on any atom is -0.489 e. The van der Waals surface area contributed by atoms with Crippen molar-refractivity contribution in [1.29, 1.82) is 0 Å². The molecule has 0 radical (unpaired) electrons. The summed E-state index contributed by atoms with van der Waals surface area (Å²) in [6.07, 6.45) is 16.5. The van der Waals surface area contributed by atoms with E-state index in [1.807, 2.05) is 6.07 Å². The topological polar surface area (TPSA) is 43.4 Å². The fourth-order valence-electron chi connectivity index (χ4n) is 3.26. The van der Waals surface area contributed by atoms with Gasteiger partial charge in [-0.1, -0.05) is 5.92 Å². The van der Waals surface area contributed by atoms with Gasteiger partial charge in [-0.15, -0.1) is 6.42 Å². The van der Waals surface area contributed by atoms with Crippen LogP contribution in [0.5, 0.6) is 5.75 Å². The van der Waals surface area contributed by atoms with E-state index in [0.29, 0.717) is 12.2 Å². The number of pyridine rings is 1. The number of terminal acetylenes is 1. The van der Waals surface area contributed by atoms with Gasteiger partial charge in [0.1, 0.15) is 5.75 Å². The Kier molecular flexibility index (Phi) is 5.31. The molecule has 0 spiro atoms. The van der Waals surface area contributed by atoms with E-state index in [2.05, 4.69) is 16.2 Å². The van der Waals surface area contributed by atoms with Gasteiger partial charge in [-0.25, -0.2) is 0 Å². The van der Waals surface area contributed by atoms with Crippen LogP contribution in [0.25, 0.3) is 0 Å². The second-order valence-electron chi connectivity index (χ2n) is 6.12. The van der Waals surface area contributed by atoms with Gasteiger partial charge < -0.3 is 14.8 Å². The molecule has 0 atom stereocenters. The standard InChI is InChI=1S/C18H24N2O2/c1-2-14-13-20-12-9-18(14)22-16-5-3-15(4-6-16)21-17-7-10-19-11-8-17/h1,9,12-13,15-17,19H,3-8,10-11H2/t15-,16-. The molecule has 0 bridgehead atoms. The lowest BCUT2D eigenvalue weighted by molar-refractivity contribution is -0.0548. The van der Waals surface area contributed by atoms with Crippen molar-refractivity contribution in [3.63, 3.8) is 0 Å². The summed E-state index contributed by atoms with van der Waals surface area (Å²) in [5.41, 5.74) is 0.732. The zero-order valence-electron chi connectivity index (χ0n) is 13.0. The van der Waals surface area contributed by atoms with Crippen LogP contribution in [0.2, 0.25) is 0 Å². The number of hydrogen-bond acceptors (Lipinski definition) is 4. The van der Waals surface area contributed by atoms with Gasteiger partial charge in [-0.3, -0.25) is 4.98 Å². The molecule has 1 saturated carbocycles. The van der Waals surface area contributed by atoms with Crippen LogP contribution in [-0.4, -0.2) is 36.4 Å². The summed E-state index contributed by atoms with van der Waals surface area (Å²) in [6.45, 7) is 2.17. The molecule has 1 aliphatic heterocycles. The predicted molar refractivity (Wildman–Crippen MR) is 85.8 cm³/mol. The normalized spacial score (nSPS) is 26.3. The van der Waals surface area contributed by atoms with Gasteiger partial charge >= 0.3 is 0 Å². The predicted octanol–water partition coefficient (Wildman–Crippen LogP) is 2.52. The maximum absolute atomic E-state index is 6.24. The zero-order valence-corrected chi connectivity index (χ0v) is 13.0. The number of hydrogen-bond donors (Lipinski definition) is 1. The molecule has 1 aliphatic carbocycles. The Labute approximate surface area is 132 Å². The Morgan fingerprint density at radius 3 is 2.45 bits per heavy atom. The van der Waals surface area contributed by atoms with Crippen LogP contribution in [0, 0.1) is 12.3 Å². The molecule has 2 fully saturated rings. The van der Waals surface area contributed by atoms with E-state index in [9.17, 15) is 0 Å². The lowest BCUT2D eigenvalue weighted by Crippen LogP contribution is -2.37. The van der Waals surface area contributed by atoms with Crippen LogP contribution in [0.15, 0.2) is 18.5 Å². The van der Waals surface area contributed by atoms with E-state index in [1.165, 1.54) is 0 Å². The van der Waals surface area contributed by atoms with Crippen LogP contribution in [-0.2, 0) is 4.74 Å². The van der Waals surface area contributed by atoms with Gasteiger partial charge in [0.05, 0.1) is 23.9 Å². The highest BCUT2D eigenvalue weighted by atomic mass is 16.5. The number of nitrogens with zero attached hydrogens (tertiary/aromatic N) is 1. The highest BCUT2D eigenvalue weighted by Gasteiger charge is 2.26. The first-order valence-corrected chi connectivity index (χ1v) is 8.28. The van der Waals surface area contributed by atoms with Crippen molar-refractivity contribution in [2.45, 2.75) is 56.8 Å². The molecule has 118 valence electrons. The van der Waals surface area contributed by atoms with E-state index in [0.717, 1.165) is 62.9 Å². The third kappa shape index (κ3) is 4.00. The van der Waals surface area contributed by atoms with Crippen molar-refractivity contribution in [3.05, 3.63) is 24.0 Å². The average molecular weight is 300 g/mol. The van der Waals surface area contributed by atoms with Crippen molar-refractivity contribution in [2.75, 3.05) is 13.1 Å². The largest absolute Gasteiger partial charge is 0.489 e. The second-order valence-corrected chi connectivity index (χ2v) is 6.12. The summed E-state index contributed by atoms with van der Waals surface area (Å²) >= 11 is 0. The Bertz CT molecular complexity index is 512. The smallest absolute Gasteiger partial charge is 0.138 e. The molecule has 0 amide bonds. The van der Waals surface area contributed by atoms with E-state index in [1.54, 1.807) is 12.4 Å². The van der Waals surface area contributed by atoms with Crippen molar-refractivity contribution in [2.24, 2.45) is 0 Å². The fourth-order valence-corrected chi connectivity index (χ4v) is 3.26. The lowest BCUT2D eigenvalue weighted by atomic mass is 9.94. The monoisotopic (exact) mass is 300 g/mol. The Morgan fingerprint density at radius 2 is 1.73 bits per heavy atom. The first kappa shape index (κ1) is 15.3. The molecule has 1 saturated heterocycles. The van der Waals surface area contributed by atoms with Gasteiger partial charge in [0, 0.05) is 12.4 Å². The number of ether oxygens (including phenoxy) is 2. The van der Waals surface area contributed by atoms with Crippen molar-refractivity contribution >= 4 is 0 Å². The second kappa shape index (κ2) is 7.62. The van der Waals surface area contributed by atoms with Crippen LogP contribution >= 0.6 is 0 Å². The van der Waals surface area contributed by atoms with Crippen molar-refractivity contribution in [1.82, 2.24) is 10.3 Å². The molecule has 0 unspecified atom stereocenters. The summed E-state index contributed by atoms with van der Waals surface area (Å²) in [5, 5.41) is 3.38. The minimum absolute atomic E-state index is 0.238. The molecule has 1 aromatic heterocycles. The van der Waals surface area contributed by atoms with E-state index < -0.39 is 0 Å². The first-order valence-electron chi connectivity index (χ1n) is 8.28. The fraction of sp³-hybridized carbons (Fsp3) is 0.611. The highest BCUT2D eigenvalue weighted by Crippen LogP contribution is 2.28. The average Bonchev–Trinajstić information content (AvgIpc) is 2.58. The Hall–Kier alpha value is -1.57. The van der Waals surface area contributed by atoms with Gasteiger partial charge in [-0.2, -0.15) is 0 Å². The molecule has 4 heteroatoms. The Morgan fingerprint density at radius 1 is 1.05 bits per heavy atom. The van der Waals surface area contributed by atoms with E-state index in [-0.39, 0.29) is 6.10 Å². The summed E-state index contributed by atoms with van der Waals surface area (Å²) in [7, 11) is 0. The lowest BCUT2D eigenvalue weighted by Gasteiger charge is -2.33. The summed E-state index contributed by atoms with van der Waals surface area (Å²) in [4.78, 5) is 4.04. The number of aromatic nitrogens is 1. The molecular weight excluding hydrogens is 276 g/mol. The molecule has 3 rings (SSSR count). The minimum atomic E-state index is 0.238. The van der Waals surface area contributed by atoms with E-state index >= 15 is 0 Å². The maximum Gasteiger partial charge on any atom is 0.138 e. The third-order valence-electron chi connectivity index (χ3n) is 4.52. The van der Waals surface area contributed by atoms with Gasteiger partial charge in [-0.05, 0) is 57.7 Å². The first-order chi connectivity index (χ1) is 10.8. The molecule has 2 aliphatic rings. The van der Waals surface area contributed by atoms with Crippen LogP contribution in [0.4, 0.5) is 0 Å². The maximum atomic E-state index is 6.24. The van der Waals surface area contributed by atoms with Crippen molar-refractivity contribution < 1.29 is 9.47 Å². The molecule has 22 heavy (non-hydrogen) atoms. The Balaban J connectivity index is 1.46. The van der Waals surface area contributed by atoms with Crippen LogP contribution in [0.1, 0.15) is 44.1 Å². The quantitative estimate of drug-likeness (QED) is 0.868. The molecular formula is C18H24N2O2. The molecule has 2 heterocycles. The molecule has 1 aromatic rings. The van der Waals surface area contributed by atoms with Crippen LogP contribution < -0.4 is 10.1 Å². The summed E-state index contributed by atoms with van der Waals surface area (Å²) in [5.74, 6) is 3.41. The van der Waals surface area contributed by atoms with Gasteiger partial charge in [0.25, 0.3) is 0 Å². The highest BCUT2D eigenvalue weighted by molar-refractivity contribution is 5.42. The SMILES string of the molecule is C#Cc1cnccc1O[C@H]1CC[C@H](OC2CCNCC2)CC1. The molecule has 1 N–H and O–H groups in total. The third-order valence-corrected chi connectivity index (χ3v) is 4.52. The van der Waals surface area contributed by atoms with Gasteiger partial charge in [0.15, 0.2) is 0 Å². The summed E-state index contributed by atoms with van der Waals surface area (Å²) < 4.78 is 12.3. The van der Waals surface area contributed by atoms with E-state index in [4.69, 9.17) is 15.9 Å². The zero-order chi connectivity index (χ0) is 15.2. The molecule has 0 aromatic carbocycles. The number of rotatable bonds is 4. The van der Waals surface area contributed by atoms with Gasteiger partial charge in [0.2, 0.25) is 0 Å². The summed E-state index contributed by atoms with van der Waals surface area (Å²) in [6, 6.07) is 1.85. The van der Waals surface area contributed by atoms with Crippen LogP contribution in [0.3, 0.4) is 0 Å². The number of piperidine rings is 1. The van der Waals surface area contributed by atoms with Crippen molar-refractivity contribution in [3.8, 4) is 18.1 Å². The molecule has 4 nitrogen and oxygen atoms in total.